The molecule has 5 nitrogen and oxygen atoms in total. The zero-order valence-electron chi connectivity index (χ0n) is 17.1. The second kappa shape index (κ2) is 8.99. The van der Waals surface area contributed by atoms with Crippen LogP contribution in [0.3, 0.4) is 0 Å². The molecular formula is C25H26N2O3. The summed E-state index contributed by atoms with van der Waals surface area (Å²) in [6.07, 6.45) is 4.46. The van der Waals surface area contributed by atoms with Gasteiger partial charge in [-0.2, -0.15) is 0 Å². The number of furan rings is 1. The maximum absolute atomic E-state index is 13.4. The third-order valence-corrected chi connectivity index (χ3v) is 5.80. The van der Waals surface area contributed by atoms with E-state index in [4.69, 9.17) is 4.42 Å². The molecule has 0 spiro atoms. The number of carbonyl (C=O) groups excluding carboxylic acids is 2. The number of carbonyl (C=O) groups is 2. The molecule has 1 N–H and O–H groups in total. The third kappa shape index (κ3) is 4.15. The van der Waals surface area contributed by atoms with Gasteiger partial charge in [-0.3, -0.25) is 9.59 Å². The van der Waals surface area contributed by atoms with E-state index in [0.29, 0.717) is 17.2 Å². The molecule has 2 amide bonds. The van der Waals surface area contributed by atoms with Gasteiger partial charge in [0.2, 0.25) is 0 Å². The summed E-state index contributed by atoms with van der Waals surface area (Å²) in [7, 11) is 0. The molecule has 1 aliphatic rings. The summed E-state index contributed by atoms with van der Waals surface area (Å²) in [5, 5.41) is 2.80. The van der Waals surface area contributed by atoms with Crippen molar-refractivity contribution in [1.29, 1.82) is 0 Å². The van der Waals surface area contributed by atoms with Crippen LogP contribution >= 0.6 is 0 Å². The average Bonchev–Trinajstić information content (AvgIpc) is 3.47. The number of nitrogens with one attached hydrogen (secondary N) is 1. The summed E-state index contributed by atoms with van der Waals surface area (Å²) in [5.41, 5.74) is 2.44. The predicted octanol–water partition coefficient (Wildman–Crippen LogP) is 5.33. The monoisotopic (exact) mass is 402 g/mol. The van der Waals surface area contributed by atoms with Crippen LogP contribution in [0.1, 0.15) is 58.6 Å². The zero-order valence-corrected chi connectivity index (χ0v) is 17.1. The summed E-state index contributed by atoms with van der Waals surface area (Å²) in [6.45, 7) is 2.94. The number of rotatable bonds is 6. The minimum atomic E-state index is -0.334. The van der Waals surface area contributed by atoms with Crippen LogP contribution in [-0.2, 0) is 0 Å². The Bertz CT molecular complexity index is 998. The van der Waals surface area contributed by atoms with E-state index < -0.39 is 0 Å². The summed E-state index contributed by atoms with van der Waals surface area (Å²) in [6, 6.07) is 21.0. The minimum Gasteiger partial charge on any atom is -0.459 e. The van der Waals surface area contributed by atoms with Crippen LogP contribution in [-0.4, -0.2) is 29.3 Å². The molecule has 0 unspecified atom stereocenters. The van der Waals surface area contributed by atoms with Crippen LogP contribution in [0.5, 0.6) is 0 Å². The number of likely N-dealkylation sites (tertiary alicyclic amines) is 1. The Morgan fingerprint density at radius 1 is 1.10 bits per heavy atom. The Hall–Kier alpha value is -3.34. The van der Waals surface area contributed by atoms with Crippen molar-refractivity contribution in [2.75, 3.05) is 11.9 Å². The van der Waals surface area contributed by atoms with Crippen molar-refractivity contribution in [3.63, 3.8) is 0 Å². The van der Waals surface area contributed by atoms with Gasteiger partial charge in [0.25, 0.3) is 11.8 Å². The molecule has 2 aromatic carbocycles. The van der Waals surface area contributed by atoms with Crippen LogP contribution in [0.15, 0.2) is 77.4 Å². The lowest BCUT2D eigenvalue weighted by Crippen LogP contribution is -2.39. The Morgan fingerprint density at radius 2 is 1.93 bits per heavy atom. The summed E-state index contributed by atoms with van der Waals surface area (Å²) < 4.78 is 5.13. The lowest BCUT2D eigenvalue weighted by atomic mass is 9.87. The highest BCUT2D eigenvalue weighted by Crippen LogP contribution is 2.34. The Kier molecular flexibility index (Phi) is 5.98. The molecule has 0 saturated carbocycles. The summed E-state index contributed by atoms with van der Waals surface area (Å²) in [4.78, 5) is 27.6. The normalized spacial score (nSPS) is 17.0. The second-order valence-corrected chi connectivity index (χ2v) is 7.65. The average molecular weight is 402 g/mol. The number of hydrogen-bond acceptors (Lipinski definition) is 3. The largest absolute Gasteiger partial charge is 0.459 e. The van der Waals surface area contributed by atoms with Crippen molar-refractivity contribution in [2.24, 2.45) is 0 Å². The first-order valence-electron chi connectivity index (χ1n) is 10.5. The quantitative estimate of drug-likeness (QED) is 0.606. The fourth-order valence-corrected chi connectivity index (χ4v) is 4.39. The summed E-state index contributed by atoms with van der Waals surface area (Å²) >= 11 is 0. The van der Waals surface area contributed by atoms with Gasteiger partial charge < -0.3 is 14.6 Å². The summed E-state index contributed by atoms with van der Waals surface area (Å²) in [5.74, 6) is 0.235. The van der Waals surface area contributed by atoms with Crippen LogP contribution < -0.4 is 5.32 Å². The lowest BCUT2D eigenvalue weighted by molar-refractivity contribution is 0.0714. The van der Waals surface area contributed by atoms with Crippen molar-refractivity contribution >= 4 is 17.5 Å². The molecule has 4 rings (SSSR count). The third-order valence-electron chi connectivity index (χ3n) is 5.80. The molecule has 154 valence electrons. The van der Waals surface area contributed by atoms with Gasteiger partial charge in [-0.05, 0) is 55.2 Å². The van der Waals surface area contributed by atoms with Gasteiger partial charge in [0.1, 0.15) is 0 Å². The molecule has 0 bridgehead atoms. The molecule has 1 saturated heterocycles. The van der Waals surface area contributed by atoms with Crippen molar-refractivity contribution in [2.45, 2.75) is 38.1 Å². The number of anilines is 1. The van der Waals surface area contributed by atoms with E-state index in [1.165, 1.54) is 11.8 Å². The number of amides is 2. The van der Waals surface area contributed by atoms with Crippen LogP contribution in [0.4, 0.5) is 5.69 Å². The maximum atomic E-state index is 13.4. The molecule has 1 aliphatic heterocycles. The highest BCUT2D eigenvalue weighted by Gasteiger charge is 2.35. The predicted molar refractivity (Wildman–Crippen MR) is 117 cm³/mol. The van der Waals surface area contributed by atoms with Gasteiger partial charge >= 0.3 is 0 Å². The van der Waals surface area contributed by atoms with Gasteiger partial charge in [-0.1, -0.05) is 43.3 Å². The van der Waals surface area contributed by atoms with Gasteiger partial charge in [-0.15, -0.1) is 0 Å². The Balaban J connectivity index is 1.52. The van der Waals surface area contributed by atoms with Crippen LogP contribution in [0.2, 0.25) is 0 Å². The highest BCUT2D eigenvalue weighted by molar-refractivity contribution is 6.03. The van der Waals surface area contributed by atoms with E-state index in [-0.39, 0.29) is 23.6 Å². The molecule has 0 aliphatic carbocycles. The molecule has 1 fully saturated rings. The molecule has 5 heteroatoms. The fraction of sp³-hybridized carbons (Fsp3) is 0.280. The van der Waals surface area contributed by atoms with E-state index in [2.05, 4.69) is 36.5 Å². The van der Waals surface area contributed by atoms with Crippen molar-refractivity contribution in [3.05, 3.63) is 89.9 Å². The number of benzene rings is 2. The van der Waals surface area contributed by atoms with Crippen molar-refractivity contribution < 1.29 is 14.0 Å². The molecule has 1 aromatic heterocycles. The topological polar surface area (TPSA) is 62.6 Å². The van der Waals surface area contributed by atoms with E-state index >= 15 is 0 Å². The molecule has 0 radical (unpaired) electrons. The van der Waals surface area contributed by atoms with E-state index in [0.717, 1.165) is 25.8 Å². The molecule has 3 aromatic rings. The minimum absolute atomic E-state index is 0.0148. The number of nitrogens with zero attached hydrogens (tertiary/aromatic N) is 1. The first-order chi connectivity index (χ1) is 14.7. The van der Waals surface area contributed by atoms with Gasteiger partial charge in [-0.25, -0.2) is 0 Å². The van der Waals surface area contributed by atoms with Gasteiger partial charge in [0.05, 0.1) is 6.26 Å². The van der Waals surface area contributed by atoms with Crippen LogP contribution in [0.25, 0.3) is 0 Å². The zero-order chi connectivity index (χ0) is 20.9. The standard InChI is InChI=1S/C25H26N2O3/c1-2-21(18-9-4-3-5-10-18)22-13-7-15-27(22)25(29)19-11-6-12-20(17-19)26-24(28)23-14-8-16-30-23/h3-6,8-12,14,16-17,21-22H,2,7,13,15H2,1H3,(H,26,28)/t21-,22+/m1/s1. The first-order valence-corrected chi connectivity index (χ1v) is 10.5. The number of hydrogen-bond donors (Lipinski definition) is 1. The Morgan fingerprint density at radius 3 is 2.67 bits per heavy atom. The van der Waals surface area contributed by atoms with Crippen molar-refractivity contribution in [1.82, 2.24) is 4.90 Å². The lowest BCUT2D eigenvalue weighted by Gasteiger charge is -2.32. The molecule has 2 heterocycles. The fourth-order valence-electron chi connectivity index (χ4n) is 4.39. The van der Waals surface area contributed by atoms with E-state index in [1.807, 2.05) is 17.0 Å². The second-order valence-electron chi connectivity index (χ2n) is 7.65. The first kappa shape index (κ1) is 20.0. The van der Waals surface area contributed by atoms with Crippen molar-refractivity contribution in [3.8, 4) is 0 Å². The van der Waals surface area contributed by atoms with Gasteiger partial charge in [0, 0.05) is 29.8 Å². The highest BCUT2D eigenvalue weighted by atomic mass is 16.3. The molecular weight excluding hydrogens is 376 g/mol. The van der Waals surface area contributed by atoms with Gasteiger partial charge in [0.15, 0.2) is 5.76 Å². The van der Waals surface area contributed by atoms with E-state index in [1.54, 1.807) is 30.3 Å². The molecule has 2 atom stereocenters. The SMILES string of the molecule is CC[C@H](c1ccccc1)[C@@H]1CCCN1C(=O)c1cccc(NC(=O)c2ccco2)c1. The maximum Gasteiger partial charge on any atom is 0.291 e. The Labute approximate surface area is 176 Å². The van der Waals surface area contributed by atoms with E-state index in [9.17, 15) is 9.59 Å². The molecule has 30 heavy (non-hydrogen) atoms. The smallest absolute Gasteiger partial charge is 0.291 e. The van der Waals surface area contributed by atoms with Crippen LogP contribution in [0, 0.1) is 0 Å².